The normalized spacial score (nSPS) is 11.8. The van der Waals surface area contributed by atoms with Crippen molar-refractivity contribution < 1.29 is 0 Å². The number of aromatic nitrogens is 1. The van der Waals surface area contributed by atoms with Crippen molar-refractivity contribution in [2.45, 2.75) is 33.2 Å². The van der Waals surface area contributed by atoms with Crippen LogP contribution in [0.1, 0.15) is 26.5 Å². The van der Waals surface area contributed by atoms with Gasteiger partial charge in [-0.2, -0.15) is 0 Å². The summed E-state index contributed by atoms with van der Waals surface area (Å²) in [4.78, 5) is 4.60. The number of anilines is 1. The van der Waals surface area contributed by atoms with Crippen LogP contribution in [0.25, 0.3) is 10.8 Å². The minimum absolute atomic E-state index is 0.00996. The van der Waals surface area contributed by atoms with E-state index in [1.165, 1.54) is 5.39 Å². The molecule has 0 spiro atoms. The molecule has 0 atom stereocenters. The molecule has 3 heteroatoms. The third kappa shape index (κ3) is 2.78. The van der Waals surface area contributed by atoms with Gasteiger partial charge in [-0.25, -0.2) is 4.98 Å². The van der Waals surface area contributed by atoms with Gasteiger partial charge in [0.25, 0.3) is 0 Å². The van der Waals surface area contributed by atoms with Gasteiger partial charge in [-0.3, -0.25) is 0 Å². The third-order valence-electron chi connectivity index (χ3n) is 2.44. The Bertz CT molecular complexity index is 556. The first-order valence-electron chi connectivity index (χ1n) is 5.71. The smallest absolute Gasteiger partial charge is 0.134 e. The molecule has 0 saturated carbocycles. The topological polar surface area (TPSA) is 24.9 Å². The van der Waals surface area contributed by atoms with Crippen LogP contribution in [0, 0.1) is 6.92 Å². The van der Waals surface area contributed by atoms with Crippen LogP contribution < -0.4 is 5.32 Å². The van der Waals surface area contributed by atoms with Crippen molar-refractivity contribution in [3.63, 3.8) is 0 Å². The van der Waals surface area contributed by atoms with Crippen LogP contribution in [0.4, 0.5) is 5.82 Å². The molecular formula is C14H17BrN2. The highest BCUT2D eigenvalue weighted by atomic mass is 79.9. The number of benzene rings is 1. The van der Waals surface area contributed by atoms with Crippen molar-refractivity contribution in [2.75, 3.05) is 5.32 Å². The molecule has 2 rings (SSSR count). The quantitative estimate of drug-likeness (QED) is 0.836. The largest absolute Gasteiger partial charge is 0.365 e. The van der Waals surface area contributed by atoms with Gasteiger partial charge in [0.2, 0.25) is 0 Å². The van der Waals surface area contributed by atoms with Crippen LogP contribution >= 0.6 is 15.9 Å². The maximum Gasteiger partial charge on any atom is 0.134 e. The Balaban J connectivity index is 2.66. The highest BCUT2D eigenvalue weighted by molar-refractivity contribution is 9.10. The molecule has 0 saturated heterocycles. The predicted molar refractivity (Wildman–Crippen MR) is 77.6 cm³/mol. The maximum atomic E-state index is 4.60. The molecule has 0 unspecified atom stereocenters. The van der Waals surface area contributed by atoms with E-state index >= 15 is 0 Å². The van der Waals surface area contributed by atoms with Gasteiger partial charge in [0, 0.05) is 26.5 Å². The number of rotatable bonds is 1. The number of hydrogen-bond donors (Lipinski definition) is 1. The Labute approximate surface area is 111 Å². The van der Waals surface area contributed by atoms with Crippen molar-refractivity contribution in [1.82, 2.24) is 4.98 Å². The number of fused-ring (bicyclic) bond motifs is 1. The monoisotopic (exact) mass is 292 g/mol. The van der Waals surface area contributed by atoms with Crippen molar-refractivity contribution in [1.29, 1.82) is 0 Å². The van der Waals surface area contributed by atoms with E-state index in [0.717, 1.165) is 21.4 Å². The average molecular weight is 293 g/mol. The van der Waals surface area contributed by atoms with Gasteiger partial charge in [0.1, 0.15) is 5.82 Å². The van der Waals surface area contributed by atoms with Crippen LogP contribution in [-0.4, -0.2) is 10.5 Å². The minimum Gasteiger partial charge on any atom is -0.365 e. The van der Waals surface area contributed by atoms with Crippen LogP contribution in [0.2, 0.25) is 0 Å². The van der Waals surface area contributed by atoms with Gasteiger partial charge in [0.05, 0.1) is 0 Å². The molecule has 2 nitrogen and oxygen atoms in total. The molecule has 1 aromatic heterocycles. The molecule has 0 aliphatic heterocycles. The molecule has 17 heavy (non-hydrogen) atoms. The molecule has 1 heterocycles. The van der Waals surface area contributed by atoms with Crippen LogP contribution in [-0.2, 0) is 0 Å². The van der Waals surface area contributed by atoms with E-state index in [1.54, 1.807) is 0 Å². The van der Waals surface area contributed by atoms with Crippen molar-refractivity contribution in [3.05, 3.63) is 34.4 Å². The summed E-state index contributed by atoms with van der Waals surface area (Å²) >= 11 is 3.59. The zero-order valence-electron chi connectivity index (χ0n) is 10.6. The summed E-state index contributed by atoms with van der Waals surface area (Å²) in [6.07, 6.45) is 0. The highest BCUT2D eigenvalue weighted by Gasteiger charge is 2.13. The van der Waals surface area contributed by atoms with Gasteiger partial charge < -0.3 is 5.32 Å². The lowest BCUT2D eigenvalue weighted by atomic mass is 10.1. The molecule has 0 amide bonds. The Hall–Kier alpha value is -1.09. The number of pyridine rings is 1. The summed E-state index contributed by atoms with van der Waals surface area (Å²) < 4.78 is 1.11. The van der Waals surface area contributed by atoms with E-state index < -0.39 is 0 Å². The molecular weight excluding hydrogens is 276 g/mol. The van der Waals surface area contributed by atoms with E-state index in [-0.39, 0.29) is 5.54 Å². The first kappa shape index (κ1) is 12.4. The first-order chi connectivity index (χ1) is 7.87. The Morgan fingerprint density at radius 1 is 1.18 bits per heavy atom. The number of halogens is 1. The predicted octanol–water partition coefficient (Wildman–Crippen LogP) is 4.52. The Morgan fingerprint density at radius 3 is 2.53 bits per heavy atom. The zero-order valence-corrected chi connectivity index (χ0v) is 12.2. The summed E-state index contributed by atoms with van der Waals surface area (Å²) in [5.74, 6) is 0.953. The minimum atomic E-state index is 0.00996. The second kappa shape index (κ2) is 4.30. The van der Waals surface area contributed by atoms with E-state index in [1.807, 2.05) is 13.0 Å². The Morgan fingerprint density at radius 2 is 1.88 bits per heavy atom. The number of hydrogen-bond acceptors (Lipinski definition) is 2. The molecule has 0 bridgehead atoms. The number of aryl methyl sites for hydroxylation is 1. The molecule has 0 aliphatic rings. The summed E-state index contributed by atoms with van der Waals surface area (Å²) in [6, 6.07) is 8.30. The SMILES string of the molecule is Cc1cc2c(Br)cccc2c(NC(C)(C)C)n1. The first-order valence-corrected chi connectivity index (χ1v) is 6.50. The van der Waals surface area contributed by atoms with E-state index in [0.29, 0.717) is 0 Å². The molecule has 1 N–H and O–H groups in total. The lowest BCUT2D eigenvalue weighted by molar-refractivity contribution is 0.631. The van der Waals surface area contributed by atoms with Crippen LogP contribution in [0.3, 0.4) is 0 Å². The standard InChI is InChI=1S/C14H17BrN2/c1-9-8-11-10(6-5-7-12(11)15)13(16-9)17-14(2,3)4/h5-8H,1-4H3,(H,16,17). The molecule has 2 aromatic rings. The van der Waals surface area contributed by atoms with Crippen molar-refractivity contribution >= 4 is 32.5 Å². The van der Waals surface area contributed by atoms with Crippen LogP contribution in [0.15, 0.2) is 28.7 Å². The van der Waals surface area contributed by atoms with Crippen molar-refractivity contribution in [3.8, 4) is 0 Å². The van der Waals surface area contributed by atoms with Gasteiger partial charge in [-0.05, 0) is 39.8 Å². The molecule has 0 radical (unpaired) electrons. The fourth-order valence-electron chi connectivity index (χ4n) is 1.82. The summed E-state index contributed by atoms with van der Waals surface area (Å²) in [5, 5.41) is 5.81. The van der Waals surface area contributed by atoms with Gasteiger partial charge in [0.15, 0.2) is 0 Å². The molecule has 0 fully saturated rings. The fraction of sp³-hybridized carbons (Fsp3) is 0.357. The average Bonchev–Trinajstić information content (AvgIpc) is 2.17. The third-order valence-corrected chi connectivity index (χ3v) is 3.13. The van der Waals surface area contributed by atoms with E-state index in [2.05, 4.69) is 65.2 Å². The second-order valence-electron chi connectivity index (χ2n) is 5.32. The lowest BCUT2D eigenvalue weighted by Crippen LogP contribution is -2.26. The second-order valence-corrected chi connectivity index (χ2v) is 6.18. The van der Waals surface area contributed by atoms with E-state index in [4.69, 9.17) is 0 Å². The van der Waals surface area contributed by atoms with Crippen molar-refractivity contribution in [2.24, 2.45) is 0 Å². The summed E-state index contributed by atoms with van der Waals surface area (Å²) in [7, 11) is 0. The molecule has 1 aromatic carbocycles. The fourth-order valence-corrected chi connectivity index (χ4v) is 2.30. The maximum absolute atomic E-state index is 4.60. The summed E-state index contributed by atoms with van der Waals surface area (Å²) in [5.41, 5.74) is 1.03. The van der Waals surface area contributed by atoms with Gasteiger partial charge in [-0.15, -0.1) is 0 Å². The van der Waals surface area contributed by atoms with Crippen LogP contribution in [0.5, 0.6) is 0 Å². The highest BCUT2D eigenvalue weighted by Crippen LogP contribution is 2.30. The number of nitrogens with one attached hydrogen (secondary N) is 1. The van der Waals surface area contributed by atoms with E-state index in [9.17, 15) is 0 Å². The van der Waals surface area contributed by atoms with Gasteiger partial charge in [-0.1, -0.05) is 28.1 Å². The lowest BCUT2D eigenvalue weighted by Gasteiger charge is -2.23. The molecule has 0 aliphatic carbocycles. The van der Waals surface area contributed by atoms with Gasteiger partial charge >= 0.3 is 0 Å². The zero-order chi connectivity index (χ0) is 12.6. The number of nitrogens with zero attached hydrogens (tertiary/aromatic N) is 1. The summed E-state index contributed by atoms with van der Waals surface area (Å²) in [6.45, 7) is 8.44. The molecule has 90 valence electrons. The Kier molecular flexibility index (Phi) is 3.13.